The van der Waals surface area contributed by atoms with Gasteiger partial charge < -0.3 is 28.4 Å². The minimum absolute atomic E-state index is 0.0506. The molecule has 0 unspecified atom stereocenters. The van der Waals surface area contributed by atoms with E-state index in [1.165, 1.54) is 12.1 Å². The zero-order chi connectivity index (χ0) is 63.0. The number of carbonyl (C=O) groups is 4. The van der Waals surface area contributed by atoms with E-state index >= 15 is 0 Å². The van der Waals surface area contributed by atoms with E-state index in [4.69, 9.17) is 28.4 Å². The van der Waals surface area contributed by atoms with Gasteiger partial charge in [-0.05, 0) is 158 Å². The van der Waals surface area contributed by atoms with E-state index in [1.807, 2.05) is 149 Å². The molecular formula is C73H56N8O10. The Kier molecular flexibility index (Phi) is 16.8. The van der Waals surface area contributed by atoms with Crippen LogP contribution in [0.5, 0.6) is 34.5 Å². The summed E-state index contributed by atoms with van der Waals surface area (Å²) in [5.74, 6) is -4.22. The summed E-state index contributed by atoms with van der Waals surface area (Å²) >= 11 is 0. The quantitative estimate of drug-likeness (QED) is 0.0505. The Labute approximate surface area is 523 Å². The largest absolute Gasteiger partial charge is 0.452 e. The zero-order valence-corrected chi connectivity index (χ0v) is 49.7. The molecule has 0 fully saturated rings. The van der Waals surface area contributed by atoms with E-state index in [9.17, 15) is 19.2 Å². The fourth-order valence-electron chi connectivity index (χ4n) is 10.5. The van der Waals surface area contributed by atoms with Crippen LogP contribution in [0.1, 0.15) is 93.1 Å². The minimum Gasteiger partial charge on any atom is -0.452 e. The highest BCUT2D eigenvalue weighted by Gasteiger charge is 2.54. The number of hydrogen-bond donors (Lipinski definition) is 0. The van der Waals surface area contributed by atoms with Crippen molar-refractivity contribution in [2.45, 2.75) is 57.2 Å². The van der Waals surface area contributed by atoms with Gasteiger partial charge in [0.1, 0.15) is 11.5 Å². The molecule has 2 heterocycles. The van der Waals surface area contributed by atoms with Crippen molar-refractivity contribution in [3.8, 4) is 34.5 Å². The van der Waals surface area contributed by atoms with Crippen LogP contribution in [0.3, 0.4) is 0 Å². The first-order chi connectivity index (χ1) is 44.1. The number of esters is 4. The van der Waals surface area contributed by atoms with Crippen LogP contribution in [0.4, 0.5) is 45.5 Å². The van der Waals surface area contributed by atoms with E-state index in [-0.39, 0.29) is 69.6 Å². The van der Waals surface area contributed by atoms with Gasteiger partial charge in [-0.2, -0.15) is 40.9 Å². The summed E-state index contributed by atoms with van der Waals surface area (Å²) in [6, 6.07) is 68.9. The van der Waals surface area contributed by atoms with Crippen molar-refractivity contribution in [1.29, 1.82) is 0 Å². The summed E-state index contributed by atoms with van der Waals surface area (Å²) in [6.45, 7) is 8.01. The number of ether oxygens (including phenoxy) is 6. The van der Waals surface area contributed by atoms with Crippen LogP contribution in [-0.4, -0.2) is 29.7 Å². The highest BCUT2D eigenvalue weighted by molar-refractivity contribution is 5.95. The molecule has 1 spiro atoms. The maximum atomic E-state index is 14.2. The molecule has 91 heavy (non-hydrogen) atoms. The van der Waals surface area contributed by atoms with Crippen LogP contribution in [0.25, 0.3) is 0 Å². The lowest BCUT2D eigenvalue weighted by molar-refractivity contribution is -0.166. The molecule has 10 aromatic carbocycles. The van der Waals surface area contributed by atoms with Crippen LogP contribution >= 0.6 is 0 Å². The van der Waals surface area contributed by atoms with Crippen LogP contribution < -0.4 is 28.4 Å². The number of carbonyl (C=O) groups excluding carboxylic acids is 4. The van der Waals surface area contributed by atoms with Crippen molar-refractivity contribution in [2.75, 3.05) is 0 Å². The number of azo groups is 4. The van der Waals surface area contributed by atoms with E-state index in [2.05, 4.69) is 40.9 Å². The van der Waals surface area contributed by atoms with Crippen LogP contribution in [-0.2, 0) is 10.8 Å². The summed E-state index contributed by atoms with van der Waals surface area (Å²) in [5.41, 5.74) is 5.06. The maximum Gasteiger partial charge on any atom is 0.343 e. The Bertz CT molecular complexity index is 4160. The molecule has 0 saturated carbocycles. The molecule has 448 valence electrons. The van der Waals surface area contributed by atoms with E-state index < -0.39 is 40.5 Å². The lowest BCUT2D eigenvalue weighted by Gasteiger charge is -2.51. The fraction of sp³-hybridized carbons (Fsp3) is 0.123. The van der Waals surface area contributed by atoms with Crippen LogP contribution in [0.15, 0.2) is 284 Å². The van der Waals surface area contributed by atoms with Crippen molar-refractivity contribution in [2.24, 2.45) is 40.9 Å². The maximum absolute atomic E-state index is 14.2. The molecule has 0 N–H and O–H groups in total. The molecular weight excluding hydrogens is 1150 g/mol. The number of hydrogen-bond acceptors (Lipinski definition) is 18. The molecule has 18 heteroatoms. The Balaban J connectivity index is 0.856. The van der Waals surface area contributed by atoms with Crippen LogP contribution in [0, 0.1) is 0 Å². The molecule has 2 aliphatic heterocycles. The summed E-state index contributed by atoms with van der Waals surface area (Å²) in [4.78, 5) is 56.6. The normalized spacial score (nSPS) is 15.3. The Morgan fingerprint density at radius 3 is 0.736 bits per heavy atom. The summed E-state index contributed by atoms with van der Waals surface area (Å²) in [6.07, 6.45) is 0.492. The minimum atomic E-state index is -1.42. The second-order valence-electron chi connectivity index (χ2n) is 22.7. The topological polar surface area (TPSA) is 223 Å². The molecule has 10 aromatic rings. The highest BCUT2D eigenvalue weighted by atomic mass is 16.7. The molecule has 12 rings (SSSR count). The van der Waals surface area contributed by atoms with Gasteiger partial charge in [0, 0.05) is 46.9 Å². The smallest absolute Gasteiger partial charge is 0.343 e. The standard InChI is InChI=1S/C73H56N8O10/c1-71(2)45-73(90-61-43-65(88-69(84)49-29-37-57(38-30-49)80-76-53-21-13-7-14-22-53)63(41-59(61)71)86-67(82)47-25-33-55(34-26-47)78-74-51-17-9-5-10-18-51)46-72(3,4)60-42-64(87-68(83)48-27-35-56(36-28-48)79-75-52-19-11-6-12-20-52)66(44-62(60)91-73)89-70(85)50-31-39-58(40-32-50)81-77-54-23-15-8-16-24-54/h5-44H,45-46H2,1-4H3. The Morgan fingerprint density at radius 2 is 0.505 bits per heavy atom. The third-order valence-electron chi connectivity index (χ3n) is 14.9. The second kappa shape index (κ2) is 25.8. The van der Waals surface area contributed by atoms with Crippen molar-refractivity contribution >= 4 is 69.4 Å². The molecule has 0 radical (unpaired) electrons. The molecule has 2 aliphatic rings. The van der Waals surface area contributed by atoms with Crippen molar-refractivity contribution in [3.63, 3.8) is 0 Å². The second-order valence-corrected chi connectivity index (χ2v) is 22.7. The summed E-state index contributed by atoms with van der Waals surface area (Å²) in [7, 11) is 0. The van der Waals surface area contributed by atoms with Gasteiger partial charge in [-0.3, -0.25) is 0 Å². The average molecular weight is 1210 g/mol. The van der Waals surface area contributed by atoms with Gasteiger partial charge in [-0.1, -0.05) is 100 Å². The van der Waals surface area contributed by atoms with Crippen molar-refractivity contribution in [3.05, 3.63) is 276 Å². The molecule has 0 aliphatic carbocycles. The van der Waals surface area contributed by atoms with Gasteiger partial charge in [0.2, 0.25) is 0 Å². The molecule has 0 saturated heterocycles. The van der Waals surface area contributed by atoms with Gasteiger partial charge >= 0.3 is 23.9 Å². The van der Waals surface area contributed by atoms with Gasteiger partial charge in [0.25, 0.3) is 5.79 Å². The summed E-state index contributed by atoms with van der Waals surface area (Å²) in [5, 5.41) is 34.3. The van der Waals surface area contributed by atoms with Crippen molar-refractivity contribution in [1.82, 2.24) is 0 Å². The third-order valence-corrected chi connectivity index (χ3v) is 14.9. The SMILES string of the molecule is CC1(C)CC2(CC(C)(C)c3cc(OC(=O)c4ccc(N=Nc5ccccc5)cc4)c(OC(=O)c4ccc(N=Nc5ccccc5)cc4)cc3O2)Oc2cc(OC(=O)c3ccc(N=Nc4ccccc4)cc3)c(OC(=O)c3ccc(N=Nc4ccccc4)cc3)cc21. The van der Waals surface area contributed by atoms with Gasteiger partial charge in [0.05, 0.1) is 67.8 Å². The van der Waals surface area contributed by atoms with Crippen molar-refractivity contribution < 1.29 is 47.6 Å². The average Bonchev–Trinajstić information content (AvgIpc) is 0.723. The van der Waals surface area contributed by atoms with Crippen LogP contribution in [0.2, 0.25) is 0 Å². The van der Waals surface area contributed by atoms with E-state index in [0.29, 0.717) is 56.6 Å². The number of benzene rings is 10. The first-order valence-corrected chi connectivity index (χ1v) is 29.0. The highest BCUT2D eigenvalue weighted by Crippen LogP contribution is 2.57. The van der Waals surface area contributed by atoms with E-state index in [1.54, 1.807) is 109 Å². The molecule has 0 bridgehead atoms. The first-order valence-electron chi connectivity index (χ1n) is 29.0. The predicted octanol–water partition coefficient (Wildman–Crippen LogP) is 19.7. The van der Waals surface area contributed by atoms with Gasteiger partial charge in [0.15, 0.2) is 23.0 Å². The fourth-order valence-corrected chi connectivity index (χ4v) is 10.5. The first kappa shape index (κ1) is 59.4. The Hall–Kier alpha value is -11.9. The molecule has 0 amide bonds. The molecule has 0 aromatic heterocycles. The van der Waals surface area contributed by atoms with Gasteiger partial charge in [-0.25, -0.2) is 19.2 Å². The number of rotatable bonds is 16. The third kappa shape index (κ3) is 14.3. The zero-order valence-electron chi connectivity index (χ0n) is 49.7. The van der Waals surface area contributed by atoms with Gasteiger partial charge in [-0.15, -0.1) is 0 Å². The summed E-state index contributed by atoms with van der Waals surface area (Å²) < 4.78 is 38.6. The number of nitrogens with zero attached hydrogens (tertiary/aromatic N) is 8. The lowest BCUT2D eigenvalue weighted by atomic mass is 9.69. The lowest BCUT2D eigenvalue weighted by Crippen LogP contribution is -2.55. The number of fused-ring (bicyclic) bond motifs is 2. The van der Waals surface area contributed by atoms with E-state index in [0.717, 1.165) is 0 Å². The Morgan fingerprint density at radius 1 is 0.297 bits per heavy atom. The predicted molar refractivity (Wildman–Crippen MR) is 340 cm³/mol. The monoisotopic (exact) mass is 1200 g/mol. The molecule has 0 atom stereocenters. The molecule has 18 nitrogen and oxygen atoms in total.